The largest absolute Gasteiger partial charge is 0.481 e. The number of benzene rings is 1. The second kappa shape index (κ2) is 5.80. The van der Waals surface area contributed by atoms with Gasteiger partial charge in [-0.1, -0.05) is 0 Å². The molecule has 1 saturated heterocycles. The van der Waals surface area contributed by atoms with Crippen LogP contribution in [0.15, 0.2) is 29.2 Å². The second-order valence-corrected chi connectivity index (χ2v) is 6.80. The van der Waals surface area contributed by atoms with E-state index in [0.29, 0.717) is 19.8 Å². The summed E-state index contributed by atoms with van der Waals surface area (Å²) in [5, 5.41) is 8.92. The maximum atomic E-state index is 11.4. The molecule has 1 aromatic rings. The van der Waals surface area contributed by atoms with E-state index < -0.39 is 15.8 Å². The van der Waals surface area contributed by atoms with Gasteiger partial charge in [-0.3, -0.25) is 4.79 Å². The third-order valence-corrected chi connectivity index (χ3v) is 4.36. The first-order valence-electron chi connectivity index (χ1n) is 6.24. The topological polar surface area (TPSA) is 83.9 Å². The van der Waals surface area contributed by atoms with E-state index in [1.54, 1.807) is 12.1 Å². The van der Waals surface area contributed by atoms with E-state index in [2.05, 4.69) is 0 Å². The summed E-state index contributed by atoms with van der Waals surface area (Å²) in [7, 11) is -3.22. The van der Waals surface area contributed by atoms with Crippen LogP contribution >= 0.6 is 0 Å². The van der Waals surface area contributed by atoms with Crippen molar-refractivity contribution in [1.82, 2.24) is 0 Å². The van der Waals surface area contributed by atoms with Crippen LogP contribution in [0.2, 0.25) is 0 Å². The van der Waals surface area contributed by atoms with Gasteiger partial charge < -0.3 is 14.7 Å². The third-order valence-electron chi connectivity index (χ3n) is 3.23. The number of carboxylic acid groups (broad SMARTS) is 1. The zero-order valence-electron chi connectivity index (χ0n) is 11.2. The summed E-state index contributed by atoms with van der Waals surface area (Å²) in [6.07, 6.45) is 1.15. The van der Waals surface area contributed by atoms with Crippen molar-refractivity contribution in [2.45, 2.75) is 17.4 Å². The highest BCUT2D eigenvalue weighted by molar-refractivity contribution is 7.90. The van der Waals surface area contributed by atoms with E-state index in [1.165, 1.54) is 12.1 Å². The lowest BCUT2D eigenvalue weighted by Crippen LogP contribution is -2.46. The van der Waals surface area contributed by atoms with Crippen LogP contribution in [0.1, 0.15) is 6.42 Å². The Balaban J connectivity index is 2.22. The number of hydrogen-bond acceptors (Lipinski definition) is 5. The minimum atomic E-state index is -3.22. The molecule has 0 aromatic heterocycles. The van der Waals surface area contributed by atoms with E-state index in [-0.39, 0.29) is 17.4 Å². The summed E-state index contributed by atoms with van der Waals surface area (Å²) >= 11 is 0. The summed E-state index contributed by atoms with van der Waals surface area (Å²) in [4.78, 5) is 13.1. The Morgan fingerprint density at radius 1 is 1.40 bits per heavy atom. The highest BCUT2D eigenvalue weighted by Gasteiger charge is 2.25. The highest BCUT2D eigenvalue weighted by atomic mass is 32.2. The Kier molecular flexibility index (Phi) is 4.29. The van der Waals surface area contributed by atoms with Gasteiger partial charge in [0.25, 0.3) is 0 Å². The molecule has 0 bridgehead atoms. The predicted octanol–water partition coefficient (Wildman–Crippen LogP) is 0.770. The van der Waals surface area contributed by atoms with Gasteiger partial charge in [-0.15, -0.1) is 0 Å². The molecule has 110 valence electrons. The van der Waals surface area contributed by atoms with Gasteiger partial charge in [0.1, 0.15) is 0 Å². The first-order chi connectivity index (χ1) is 9.38. The Labute approximate surface area is 117 Å². The van der Waals surface area contributed by atoms with Gasteiger partial charge in [0, 0.05) is 18.5 Å². The Morgan fingerprint density at radius 2 is 2.05 bits per heavy atom. The molecule has 1 aliphatic heterocycles. The number of rotatable bonds is 4. The van der Waals surface area contributed by atoms with Crippen molar-refractivity contribution in [3.63, 3.8) is 0 Å². The number of carboxylic acids is 1. The molecule has 1 N–H and O–H groups in total. The van der Waals surface area contributed by atoms with E-state index in [0.717, 1.165) is 11.9 Å². The van der Waals surface area contributed by atoms with Gasteiger partial charge >= 0.3 is 5.97 Å². The maximum Gasteiger partial charge on any atom is 0.305 e. The molecular weight excluding hydrogens is 282 g/mol. The molecule has 1 atom stereocenters. The predicted molar refractivity (Wildman–Crippen MR) is 73.8 cm³/mol. The monoisotopic (exact) mass is 299 g/mol. The Hall–Kier alpha value is -1.60. The van der Waals surface area contributed by atoms with Crippen LogP contribution in [0.5, 0.6) is 0 Å². The van der Waals surface area contributed by atoms with Crippen molar-refractivity contribution in [2.75, 3.05) is 30.9 Å². The van der Waals surface area contributed by atoms with Crippen molar-refractivity contribution in [3.8, 4) is 0 Å². The quantitative estimate of drug-likeness (QED) is 0.884. The third kappa shape index (κ3) is 3.49. The average Bonchev–Trinajstić information content (AvgIpc) is 2.38. The lowest BCUT2D eigenvalue weighted by atomic mass is 10.1. The number of aliphatic carboxylic acids is 1. The molecule has 1 heterocycles. The van der Waals surface area contributed by atoms with Crippen molar-refractivity contribution in [1.29, 1.82) is 0 Å². The number of hydrogen-bond donors (Lipinski definition) is 1. The lowest BCUT2D eigenvalue weighted by Gasteiger charge is -2.36. The van der Waals surface area contributed by atoms with E-state index in [9.17, 15) is 13.2 Å². The van der Waals surface area contributed by atoms with Crippen molar-refractivity contribution < 1.29 is 23.1 Å². The summed E-state index contributed by atoms with van der Waals surface area (Å²) in [6.45, 7) is 1.49. The molecule has 0 spiro atoms. The number of morpholine rings is 1. The molecule has 20 heavy (non-hydrogen) atoms. The minimum absolute atomic E-state index is 0.00612. The normalized spacial score (nSPS) is 19.9. The molecule has 0 saturated carbocycles. The highest BCUT2D eigenvalue weighted by Crippen LogP contribution is 2.23. The molecule has 0 radical (unpaired) electrons. The number of ether oxygens (including phenoxy) is 1. The van der Waals surface area contributed by atoms with Crippen molar-refractivity contribution >= 4 is 21.5 Å². The molecular formula is C13H17NO5S. The summed E-state index contributed by atoms with van der Waals surface area (Å²) in [6, 6.07) is 6.26. The average molecular weight is 299 g/mol. The number of carbonyl (C=O) groups is 1. The van der Waals surface area contributed by atoms with E-state index >= 15 is 0 Å². The molecule has 1 aromatic carbocycles. The summed E-state index contributed by atoms with van der Waals surface area (Å²) < 4.78 is 28.1. The van der Waals surface area contributed by atoms with Gasteiger partial charge in [-0.05, 0) is 24.3 Å². The zero-order chi connectivity index (χ0) is 14.8. The smallest absolute Gasteiger partial charge is 0.305 e. The molecule has 0 aliphatic carbocycles. The zero-order valence-corrected chi connectivity index (χ0v) is 12.0. The SMILES string of the molecule is CS(=O)(=O)c1ccc(N2CCOCC2CC(=O)O)cc1. The summed E-state index contributed by atoms with van der Waals surface area (Å²) in [5.74, 6) is -0.877. The molecule has 1 aliphatic rings. The van der Waals surface area contributed by atoms with Gasteiger partial charge in [-0.2, -0.15) is 0 Å². The van der Waals surface area contributed by atoms with Crippen LogP contribution in [0.25, 0.3) is 0 Å². The first kappa shape index (κ1) is 14.8. The summed E-state index contributed by atoms with van der Waals surface area (Å²) in [5.41, 5.74) is 0.812. The first-order valence-corrected chi connectivity index (χ1v) is 8.13. The van der Waals surface area contributed by atoms with E-state index in [1.807, 2.05) is 4.90 Å². The van der Waals surface area contributed by atoms with Crippen LogP contribution in [0, 0.1) is 0 Å². The fourth-order valence-electron chi connectivity index (χ4n) is 2.25. The Bertz CT molecular complexity index is 581. The standard InChI is InChI=1S/C13H17NO5S/c1-20(17,18)12-4-2-10(3-5-12)14-6-7-19-9-11(14)8-13(15)16/h2-5,11H,6-9H2,1H3,(H,15,16). The number of sulfone groups is 1. The van der Waals surface area contributed by atoms with Gasteiger partial charge in [0.05, 0.1) is 30.6 Å². The fourth-order valence-corrected chi connectivity index (χ4v) is 2.88. The fraction of sp³-hybridized carbons (Fsp3) is 0.462. The van der Waals surface area contributed by atoms with Crippen LogP contribution in [-0.4, -0.2) is 51.5 Å². The number of anilines is 1. The minimum Gasteiger partial charge on any atom is -0.481 e. The van der Waals surface area contributed by atoms with E-state index in [4.69, 9.17) is 9.84 Å². The van der Waals surface area contributed by atoms with Crippen molar-refractivity contribution in [2.24, 2.45) is 0 Å². The molecule has 1 unspecified atom stereocenters. The molecule has 0 amide bonds. The van der Waals surface area contributed by atoms with Gasteiger partial charge in [-0.25, -0.2) is 8.42 Å². The molecule has 7 heteroatoms. The molecule has 2 rings (SSSR count). The van der Waals surface area contributed by atoms with Crippen LogP contribution < -0.4 is 4.90 Å². The van der Waals surface area contributed by atoms with Crippen LogP contribution in [0.3, 0.4) is 0 Å². The van der Waals surface area contributed by atoms with Gasteiger partial charge in [0.2, 0.25) is 0 Å². The number of nitrogens with zero attached hydrogens (tertiary/aromatic N) is 1. The second-order valence-electron chi connectivity index (χ2n) is 4.79. The maximum absolute atomic E-state index is 11.4. The molecule has 1 fully saturated rings. The van der Waals surface area contributed by atoms with Crippen LogP contribution in [0.4, 0.5) is 5.69 Å². The lowest BCUT2D eigenvalue weighted by molar-refractivity contribution is -0.138. The van der Waals surface area contributed by atoms with Crippen molar-refractivity contribution in [3.05, 3.63) is 24.3 Å². The van der Waals surface area contributed by atoms with Gasteiger partial charge in [0.15, 0.2) is 9.84 Å². The Morgan fingerprint density at radius 3 is 2.60 bits per heavy atom. The molecule has 6 nitrogen and oxygen atoms in total. The van der Waals surface area contributed by atoms with Crippen LogP contribution in [-0.2, 0) is 19.4 Å².